The van der Waals surface area contributed by atoms with E-state index in [1.54, 1.807) is 7.11 Å². The van der Waals surface area contributed by atoms with Crippen molar-refractivity contribution in [3.63, 3.8) is 0 Å². The minimum atomic E-state index is 0.00458. The first kappa shape index (κ1) is 12.2. The molecule has 1 aromatic carbocycles. The first-order valence-corrected chi connectivity index (χ1v) is 6.23. The van der Waals surface area contributed by atoms with Crippen molar-refractivity contribution in [2.45, 2.75) is 38.3 Å². The number of piperidine rings is 1. The number of hydrogen-bond acceptors (Lipinski definition) is 3. The van der Waals surface area contributed by atoms with Crippen LogP contribution in [-0.4, -0.2) is 25.2 Å². The molecule has 2 rings (SSSR count). The molecular formula is C14H22N2O. The normalized spacial score (nSPS) is 23.5. The van der Waals surface area contributed by atoms with Gasteiger partial charge in [0.15, 0.2) is 0 Å². The molecule has 94 valence electrons. The fourth-order valence-corrected chi connectivity index (χ4v) is 2.55. The number of ether oxygens (including phenoxy) is 1. The summed E-state index contributed by atoms with van der Waals surface area (Å²) in [5.74, 6) is 0.900. The maximum absolute atomic E-state index is 6.24. The van der Waals surface area contributed by atoms with Crippen molar-refractivity contribution in [3.05, 3.63) is 24.3 Å². The Kier molecular flexibility index (Phi) is 3.29. The van der Waals surface area contributed by atoms with Gasteiger partial charge in [-0.15, -0.1) is 0 Å². The maximum Gasteiger partial charge on any atom is 0.120 e. The zero-order valence-electron chi connectivity index (χ0n) is 10.9. The van der Waals surface area contributed by atoms with Gasteiger partial charge in [0.1, 0.15) is 5.75 Å². The van der Waals surface area contributed by atoms with Crippen LogP contribution < -0.4 is 15.4 Å². The molecule has 1 heterocycles. The van der Waals surface area contributed by atoms with E-state index in [9.17, 15) is 0 Å². The monoisotopic (exact) mass is 234 g/mol. The lowest BCUT2D eigenvalue weighted by Crippen LogP contribution is -2.59. The first-order chi connectivity index (χ1) is 8.05. The van der Waals surface area contributed by atoms with E-state index in [1.807, 2.05) is 12.1 Å². The second kappa shape index (κ2) is 4.57. The molecule has 1 aliphatic heterocycles. The molecule has 0 amide bonds. The topological polar surface area (TPSA) is 38.5 Å². The molecule has 3 nitrogen and oxygen atoms in total. The second-order valence-corrected chi connectivity index (χ2v) is 5.26. The molecule has 3 heteroatoms. The average molecular weight is 234 g/mol. The zero-order chi connectivity index (χ0) is 12.5. The van der Waals surface area contributed by atoms with Gasteiger partial charge in [0.2, 0.25) is 0 Å². The van der Waals surface area contributed by atoms with E-state index < -0.39 is 0 Å². The van der Waals surface area contributed by atoms with Crippen LogP contribution in [0.5, 0.6) is 5.75 Å². The molecule has 1 aromatic rings. The fraction of sp³-hybridized carbons (Fsp3) is 0.571. The average Bonchev–Trinajstić information content (AvgIpc) is 2.32. The summed E-state index contributed by atoms with van der Waals surface area (Å²) in [6.45, 7) is 5.50. The molecule has 17 heavy (non-hydrogen) atoms. The van der Waals surface area contributed by atoms with Gasteiger partial charge in [-0.05, 0) is 38.8 Å². The number of hydrogen-bond donors (Lipinski definition) is 1. The van der Waals surface area contributed by atoms with E-state index in [1.165, 1.54) is 5.69 Å². The highest BCUT2D eigenvalue weighted by Gasteiger charge is 2.36. The Hall–Kier alpha value is -1.22. The van der Waals surface area contributed by atoms with Crippen molar-refractivity contribution >= 4 is 5.69 Å². The Balaban J connectivity index is 2.31. The van der Waals surface area contributed by atoms with Crippen molar-refractivity contribution in [2.75, 3.05) is 18.6 Å². The van der Waals surface area contributed by atoms with Gasteiger partial charge in [-0.25, -0.2) is 0 Å². The van der Waals surface area contributed by atoms with Gasteiger partial charge in [0.05, 0.1) is 7.11 Å². The predicted molar refractivity (Wildman–Crippen MR) is 71.6 cm³/mol. The van der Waals surface area contributed by atoms with Crippen LogP contribution in [0.3, 0.4) is 0 Å². The van der Waals surface area contributed by atoms with Gasteiger partial charge < -0.3 is 15.4 Å². The van der Waals surface area contributed by atoms with E-state index in [4.69, 9.17) is 10.5 Å². The Morgan fingerprint density at radius 1 is 1.41 bits per heavy atom. The molecule has 1 saturated heterocycles. The van der Waals surface area contributed by atoms with Crippen LogP contribution in [0.15, 0.2) is 24.3 Å². The second-order valence-electron chi connectivity index (χ2n) is 5.26. The van der Waals surface area contributed by atoms with Crippen molar-refractivity contribution in [2.24, 2.45) is 5.73 Å². The lowest BCUT2D eigenvalue weighted by molar-refractivity contribution is 0.309. The standard InChI is InChI=1S/C14H22N2O/c1-14(2)13(15)8-5-9-16(14)11-6-4-7-12(10-11)17-3/h4,6-7,10,13H,5,8-9,15H2,1-3H3. The minimum absolute atomic E-state index is 0.00458. The lowest BCUT2D eigenvalue weighted by Gasteiger charge is -2.48. The van der Waals surface area contributed by atoms with Crippen molar-refractivity contribution in [1.82, 2.24) is 0 Å². The predicted octanol–water partition coefficient (Wildman–Crippen LogP) is 2.40. The number of anilines is 1. The van der Waals surface area contributed by atoms with Crippen molar-refractivity contribution < 1.29 is 4.74 Å². The molecule has 0 aromatic heterocycles. The van der Waals surface area contributed by atoms with E-state index >= 15 is 0 Å². The summed E-state index contributed by atoms with van der Waals surface area (Å²) in [7, 11) is 1.70. The quantitative estimate of drug-likeness (QED) is 0.854. The van der Waals surface area contributed by atoms with Crippen molar-refractivity contribution in [3.8, 4) is 5.75 Å². The molecule has 1 unspecified atom stereocenters. The molecular weight excluding hydrogens is 212 g/mol. The van der Waals surface area contributed by atoms with Gasteiger partial charge >= 0.3 is 0 Å². The summed E-state index contributed by atoms with van der Waals surface area (Å²) in [5.41, 5.74) is 7.44. The number of nitrogens with zero attached hydrogens (tertiary/aromatic N) is 1. The third-order valence-corrected chi connectivity index (χ3v) is 3.86. The third-order valence-electron chi connectivity index (χ3n) is 3.86. The maximum atomic E-state index is 6.24. The van der Waals surface area contributed by atoms with E-state index in [0.717, 1.165) is 25.1 Å². The minimum Gasteiger partial charge on any atom is -0.497 e. The van der Waals surface area contributed by atoms with Crippen LogP contribution in [-0.2, 0) is 0 Å². The Bertz CT molecular complexity index is 390. The molecule has 2 N–H and O–H groups in total. The molecule has 0 bridgehead atoms. The Morgan fingerprint density at radius 2 is 2.18 bits per heavy atom. The molecule has 1 atom stereocenters. The summed E-state index contributed by atoms with van der Waals surface area (Å²) in [4.78, 5) is 2.39. The van der Waals surface area contributed by atoms with Crippen LogP contribution in [0.25, 0.3) is 0 Å². The van der Waals surface area contributed by atoms with Crippen LogP contribution in [0.1, 0.15) is 26.7 Å². The zero-order valence-corrected chi connectivity index (χ0v) is 10.9. The smallest absolute Gasteiger partial charge is 0.120 e. The Morgan fingerprint density at radius 3 is 2.88 bits per heavy atom. The van der Waals surface area contributed by atoms with E-state index in [0.29, 0.717) is 0 Å². The lowest BCUT2D eigenvalue weighted by atomic mass is 9.85. The Labute approximate surface area is 104 Å². The van der Waals surface area contributed by atoms with Gasteiger partial charge in [0.25, 0.3) is 0 Å². The van der Waals surface area contributed by atoms with E-state index in [2.05, 4.69) is 30.9 Å². The van der Waals surface area contributed by atoms with Gasteiger partial charge in [-0.2, -0.15) is 0 Å². The molecule has 0 radical (unpaired) electrons. The van der Waals surface area contributed by atoms with E-state index in [-0.39, 0.29) is 11.6 Å². The highest BCUT2D eigenvalue weighted by Crippen LogP contribution is 2.33. The molecule has 0 spiro atoms. The number of methoxy groups -OCH3 is 1. The van der Waals surface area contributed by atoms with Crippen LogP contribution >= 0.6 is 0 Å². The SMILES string of the molecule is COc1cccc(N2CCCC(N)C2(C)C)c1. The van der Waals surface area contributed by atoms with Crippen LogP contribution in [0.4, 0.5) is 5.69 Å². The summed E-state index contributed by atoms with van der Waals surface area (Å²) in [6, 6.07) is 8.44. The molecule has 1 fully saturated rings. The fourth-order valence-electron chi connectivity index (χ4n) is 2.55. The summed E-state index contributed by atoms with van der Waals surface area (Å²) in [6.07, 6.45) is 2.26. The van der Waals surface area contributed by atoms with Crippen molar-refractivity contribution in [1.29, 1.82) is 0 Å². The van der Waals surface area contributed by atoms with Gasteiger partial charge in [-0.3, -0.25) is 0 Å². The number of rotatable bonds is 2. The van der Waals surface area contributed by atoms with Crippen LogP contribution in [0, 0.1) is 0 Å². The largest absolute Gasteiger partial charge is 0.497 e. The molecule has 1 aliphatic rings. The highest BCUT2D eigenvalue weighted by atomic mass is 16.5. The van der Waals surface area contributed by atoms with Gasteiger partial charge in [-0.1, -0.05) is 6.07 Å². The first-order valence-electron chi connectivity index (χ1n) is 6.23. The van der Waals surface area contributed by atoms with Crippen LogP contribution in [0.2, 0.25) is 0 Å². The number of nitrogens with two attached hydrogens (primary N) is 1. The summed E-state index contributed by atoms with van der Waals surface area (Å²) < 4.78 is 5.28. The third kappa shape index (κ3) is 2.25. The highest BCUT2D eigenvalue weighted by molar-refractivity contribution is 5.53. The molecule has 0 aliphatic carbocycles. The summed E-state index contributed by atoms with van der Waals surface area (Å²) >= 11 is 0. The van der Waals surface area contributed by atoms with Gasteiger partial charge in [0, 0.05) is 29.9 Å². The molecule has 0 saturated carbocycles. The summed E-state index contributed by atoms with van der Waals surface area (Å²) in [5, 5.41) is 0. The number of benzene rings is 1.